The number of benzene rings is 2. The molecule has 5 heteroatoms. The topological polar surface area (TPSA) is 6.25 Å². The molecule has 2 aromatic rings. The van der Waals surface area contributed by atoms with Crippen molar-refractivity contribution in [1.82, 2.24) is 0 Å². The first kappa shape index (κ1) is 15.4. The second-order valence-electron chi connectivity index (χ2n) is 4.46. The minimum atomic E-state index is 0. The van der Waals surface area contributed by atoms with Crippen LogP contribution in [0.3, 0.4) is 0 Å². The highest BCUT2D eigenvalue weighted by molar-refractivity contribution is 6.30. The van der Waals surface area contributed by atoms with Crippen molar-refractivity contribution in [3.63, 3.8) is 0 Å². The van der Waals surface area contributed by atoms with Gasteiger partial charge in [0, 0.05) is 10.0 Å². The van der Waals surface area contributed by atoms with E-state index in [-0.39, 0.29) is 17.0 Å². The smallest absolute Gasteiger partial charge is 0.244 e. The van der Waals surface area contributed by atoms with Crippen molar-refractivity contribution in [3.8, 4) is 0 Å². The molecule has 1 aliphatic heterocycles. The van der Waals surface area contributed by atoms with E-state index in [2.05, 4.69) is 15.8 Å². The molecule has 0 spiro atoms. The van der Waals surface area contributed by atoms with Gasteiger partial charge in [-0.25, -0.2) is 9.48 Å². The molecule has 0 radical (unpaired) electrons. The van der Waals surface area contributed by atoms with Crippen molar-refractivity contribution in [2.75, 3.05) is 18.0 Å². The Labute approximate surface area is 139 Å². The Hall–Kier alpha value is -1.03. The fourth-order valence-corrected chi connectivity index (χ4v) is 2.41. The van der Waals surface area contributed by atoms with Gasteiger partial charge < -0.3 is 17.0 Å². The largest absolute Gasteiger partial charge is 1.00 e. The fraction of sp³-hybridized carbons (Fsp3) is 0.133. The summed E-state index contributed by atoms with van der Waals surface area (Å²) in [7, 11) is 0. The van der Waals surface area contributed by atoms with Crippen molar-refractivity contribution in [2.24, 2.45) is 0 Å². The fourth-order valence-electron chi connectivity index (χ4n) is 2.16. The third-order valence-corrected chi connectivity index (χ3v) is 3.68. The summed E-state index contributed by atoms with van der Waals surface area (Å²) in [6.07, 6.45) is 2.12. The number of nitrogens with zero attached hydrogens (tertiary/aromatic N) is 2. The van der Waals surface area contributed by atoms with E-state index in [1.54, 1.807) is 0 Å². The zero-order valence-electron chi connectivity index (χ0n) is 10.6. The van der Waals surface area contributed by atoms with Gasteiger partial charge in [0.15, 0.2) is 0 Å². The molecule has 0 N–H and O–H groups in total. The standard InChI is InChI=1S/C15H13Cl2N2.BrH/c16-12-1-5-14(6-2-12)18-9-10-19(11-18)15-7-3-13(17)4-8-15;/h1-8,11H,9-10H2;1H/q+1;/p-1. The second kappa shape index (κ2) is 6.61. The van der Waals surface area contributed by atoms with Crippen LogP contribution in [-0.4, -0.2) is 24.0 Å². The minimum Gasteiger partial charge on any atom is -1.00 e. The second-order valence-corrected chi connectivity index (χ2v) is 5.33. The van der Waals surface area contributed by atoms with Crippen LogP contribution in [0, 0.1) is 0 Å². The molecule has 2 aromatic carbocycles. The Kier molecular flexibility index (Phi) is 5.08. The summed E-state index contributed by atoms with van der Waals surface area (Å²) in [5.74, 6) is 0. The predicted octanol–water partition coefficient (Wildman–Crippen LogP) is 1.19. The summed E-state index contributed by atoms with van der Waals surface area (Å²) in [5, 5.41) is 1.52. The molecule has 0 saturated carbocycles. The molecule has 20 heavy (non-hydrogen) atoms. The molecule has 0 aromatic heterocycles. The van der Waals surface area contributed by atoms with Crippen molar-refractivity contribution < 1.29 is 21.6 Å². The molecule has 0 aliphatic carbocycles. The molecule has 0 amide bonds. The van der Waals surface area contributed by atoms with E-state index < -0.39 is 0 Å². The van der Waals surface area contributed by atoms with Gasteiger partial charge in [0.05, 0.1) is 0 Å². The molecular weight excluding hydrogens is 359 g/mol. The Morgan fingerprint density at radius 1 is 0.850 bits per heavy atom. The van der Waals surface area contributed by atoms with Gasteiger partial charge in [-0.1, -0.05) is 23.2 Å². The van der Waals surface area contributed by atoms with Crippen LogP contribution in [0.1, 0.15) is 0 Å². The van der Waals surface area contributed by atoms with Crippen LogP contribution in [0.15, 0.2) is 48.5 Å². The maximum atomic E-state index is 5.91. The predicted molar refractivity (Wildman–Crippen MR) is 81.1 cm³/mol. The monoisotopic (exact) mass is 370 g/mol. The van der Waals surface area contributed by atoms with E-state index in [9.17, 15) is 0 Å². The number of hydrogen-bond donors (Lipinski definition) is 0. The summed E-state index contributed by atoms with van der Waals surface area (Å²) in [6, 6.07) is 15.8. The van der Waals surface area contributed by atoms with Gasteiger partial charge >= 0.3 is 0 Å². The van der Waals surface area contributed by atoms with Gasteiger partial charge in [-0.05, 0) is 48.5 Å². The Morgan fingerprint density at radius 2 is 1.40 bits per heavy atom. The lowest BCUT2D eigenvalue weighted by atomic mass is 10.3. The van der Waals surface area contributed by atoms with Gasteiger partial charge in [-0.2, -0.15) is 0 Å². The highest BCUT2D eigenvalue weighted by atomic mass is 79.9. The summed E-state index contributed by atoms with van der Waals surface area (Å²) < 4.78 is 2.21. The Balaban J connectivity index is 0.00000147. The Bertz CT molecular complexity index is 609. The van der Waals surface area contributed by atoms with Crippen LogP contribution in [-0.2, 0) is 0 Å². The maximum absolute atomic E-state index is 5.91. The summed E-state index contributed by atoms with van der Waals surface area (Å²) in [4.78, 5) is 2.21. The zero-order chi connectivity index (χ0) is 13.2. The van der Waals surface area contributed by atoms with E-state index in [0.717, 1.165) is 34.5 Å². The van der Waals surface area contributed by atoms with Gasteiger partial charge in [0.25, 0.3) is 0 Å². The van der Waals surface area contributed by atoms with Crippen molar-refractivity contribution in [3.05, 3.63) is 58.6 Å². The lowest BCUT2D eigenvalue weighted by molar-refractivity contribution is -0.424. The van der Waals surface area contributed by atoms with Gasteiger partial charge in [0.1, 0.15) is 24.5 Å². The van der Waals surface area contributed by atoms with E-state index >= 15 is 0 Å². The lowest BCUT2D eigenvalue weighted by Gasteiger charge is -2.05. The highest BCUT2D eigenvalue weighted by Crippen LogP contribution is 2.21. The maximum Gasteiger partial charge on any atom is 0.244 e. The zero-order valence-corrected chi connectivity index (χ0v) is 13.7. The van der Waals surface area contributed by atoms with E-state index in [1.165, 1.54) is 0 Å². The summed E-state index contributed by atoms with van der Waals surface area (Å²) >= 11 is 11.8. The first-order valence-corrected chi connectivity index (χ1v) is 6.87. The average molecular weight is 372 g/mol. The Morgan fingerprint density at radius 3 is 2.00 bits per heavy atom. The van der Waals surface area contributed by atoms with Crippen LogP contribution in [0.2, 0.25) is 10.0 Å². The third kappa shape index (κ3) is 3.35. The van der Waals surface area contributed by atoms with Crippen molar-refractivity contribution in [2.45, 2.75) is 0 Å². The van der Waals surface area contributed by atoms with Crippen molar-refractivity contribution in [1.29, 1.82) is 0 Å². The lowest BCUT2D eigenvalue weighted by Crippen LogP contribution is -3.00. The molecular formula is C15H13BrCl2N2. The summed E-state index contributed by atoms with van der Waals surface area (Å²) in [6.45, 7) is 1.93. The third-order valence-electron chi connectivity index (χ3n) is 3.18. The van der Waals surface area contributed by atoms with Gasteiger partial charge in [0.2, 0.25) is 6.34 Å². The molecule has 0 bridgehead atoms. The molecule has 104 valence electrons. The SMILES string of the molecule is Clc1ccc(N2C=[N+](c3ccc(Cl)cc3)CC2)cc1.[Br-]. The van der Waals surface area contributed by atoms with Crippen LogP contribution in [0.5, 0.6) is 0 Å². The van der Waals surface area contributed by atoms with Gasteiger partial charge in [-0.3, -0.25) is 0 Å². The quantitative estimate of drug-likeness (QED) is 0.719. The average Bonchev–Trinajstić information content (AvgIpc) is 2.90. The molecule has 0 saturated heterocycles. The van der Waals surface area contributed by atoms with Crippen LogP contribution < -0.4 is 21.9 Å². The number of hydrogen-bond acceptors (Lipinski definition) is 1. The van der Waals surface area contributed by atoms with Crippen LogP contribution in [0.25, 0.3) is 0 Å². The number of anilines is 1. The molecule has 3 rings (SSSR count). The molecule has 1 heterocycles. The molecule has 0 unspecified atom stereocenters. The van der Waals surface area contributed by atoms with E-state index in [1.807, 2.05) is 48.5 Å². The van der Waals surface area contributed by atoms with Crippen LogP contribution >= 0.6 is 23.2 Å². The highest BCUT2D eigenvalue weighted by Gasteiger charge is 2.22. The van der Waals surface area contributed by atoms with E-state index in [4.69, 9.17) is 23.2 Å². The first-order chi connectivity index (χ1) is 9.22. The number of halogens is 3. The minimum absolute atomic E-state index is 0. The molecule has 2 nitrogen and oxygen atoms in total. The summed E-state index contributed by atoms with van der Waals surface area (Å²) in [5.41, 5.74) is 2.31. The first-order valence-electron chi connectivity index (χ1n) is 6.12. The van der Waals surface area contributed by atoms with Gasteiger partial charge in [-0.15, -0.1) is 0 Å². The normalized spacial score (nSPS) is 13.9. The molecule has 0 atom stereocenters. The molecule has 1 aliphatic rings. The number of rotatable bonds is 2. The molecule has 0 fully saturated rings. The van der Waals surface area contributed by atoms with E-state index in [0.29, 0.717) is 0 Å². The van der Waals surface area contributed by atoms with Crippen LogP contribution in [0.4, 0.5) is 11.4 Å². The van der Waals surface area contributed by atoms with Crippen molar-refractivity contribution >= 4 is 40.9 Å².